The molecular weight excluding hydrogens is 411 g/mol. The first-order chi connectivity index (χ1) is 14.8. The monoisotopic (exact) mass is 436 g/mol. The van der Waals surface area contributed by atoms with Crippen molar-refractivity contribution in [3.8, 4) is 16.9 Å². The summed E-state index contributed by atoms with van der Waals surface area (Å²) in [5.74, 6) is -0.562. The molecule has 0 radical (unpaired) electrons. The lowest BCUT2D eigenvalue weighted by Crippen LogP contribution is -2.28. The molecule has 1 nitrogen and oxygen atoms in total. The van der Waals surface area contributed by atoms with Crippen LogP contribution in [0.25, 0.3) is 11.1 Å². The molecule has 1 saturated carbocycles. The molecule has 0 aliphatic heterocycles. The molecule has 2 aromatic carbocycles. The molecule has 0 amide bonds. The van der Waals surface area contributed by atoms with E-state index in [-0.39, 0.29) is 17.0 Å². The van der Waals surface area contributed by atoms with Crippen LogP contribution >= 0.6 is 0 Å². The van der Waals surface area contributed by atoms with Crippen molar-refractivity contribution in [3.05, 3.63) is 65.2 Å². The number of hydrogen-bond acceptors (Lipinski definition) is 1. The smallest absolute Gasteiger partial charge is 0.406 e. The molecule has 3 unspecified atom stereocenters. The normalized spacial score (nSPS) is 23.5. The third kappa shape index (κ3) is 4.63. The molecule has 1 fully saturated rings. The molecular formula is C25H25F5O. The molecule has 3 atom stereocenters. The van der Waals surface area contributed by atoms with E-state index in [1.165, 1.54) is 18.2 Å². The van der Waals surface area contributed by atoms with Crippen molar-refractivity contribution in [2.75, 3.05) is 0 Å². The van der Waals surface area contributed by atoms with Crippen LogP contribution < -0.4 is 4.74 Å². The van der Waals surface area contributed by atoms with Crippen molar-refractivity contribution < 1.29 is 26.7 Å². The number of benzene rings is 2. The van der Waals surface area contributed by atoms with E-state index in [9.17, 15) is 13.2 Å². The minimum atomic E-state index is -4.81. The number of fused-ring (bicyclic) bond motifs is 3. The summed E-state index contributed by atoms with van der Waals surface area (Å²) < 4.78 is 71.4. The van der Waals surface area contributed by atoms with Gasteiger partial charge in [0.15, 0.2) is 0 Å². The SMILES string of the molecule is CC/C=C/C1CCC2c3cc(F)c(-c4ccc(OC(F)(F)F)cc4)c(F)c3CCC2C1. The standard InChI is InChI=1S/C25H25F5O/c1-2-3-4-15-5-11-19-17(13-15)8-12-20-21(19)14-22(26)23(24(20)27)16-6-9-18(10-7-16)31-25(28,29)30/h3-4,6-7,9-10,14-15,17,19H,2,5,8,11-13H2,1H3/b4-3+. The second kappa shape index (κ2) is 8.64. The lowest BCUT2D eigenvalue weighted by Gasteiger charge is -2.40. The van der Waals surface area contributed by atoms with Gasteiger partial charge in [0.1, 0.15) is 17.4 Å². The van der Waals surface area contributed by atoms with Crippen LogP contribution in [0.15, 0.2) is 42.5 Å². The van der Waals surface area contributed by atoms with E-state index in [1.807, 2.05) is 0 Å². The van der Waals surface area contributed by atoms with Gasteiger partial charge in [0.25, 0.3) is 0 Å². The minimum Gasteiger partial charge on any atom is -0.406 e. The zero-order chi connectivity index (χ0) is 22.2. The molecule has 0 heterocycles. The summed E-state index contributed by atoms with van der Waals surface area (Å²) in [7, 11) is 0. The minimum absolute atomic E-state index is 0.163. The number of alkyl halides is 3. The first-order valence-electron chi connectivity index (χ1n) is 10.8. The van der Waals surface area contributed by atoms with Crippen molar-refractivity contribution in [2.24, 2.45) is 11.8 Å². The molecule has 166 valence electrons. The highest BCUT2D eigenvalue weighted by Gasteiger charge is 2.37. The number of ether oxygens (including phenoxy) is 1. The highest BCUT2D eigenvalue weighted by molar-refractivity contribution is 5.68. The highest BCUT2D eigenvalue weighted by Crippen LogP contribution is 2.49. The Morgan fingerprint density at radius 1 is 1.06 bits per heavy atom. The summed E-state index contributed by atoms with van der Waals surface area (Å²) in [4.78, 5) is 0. The Morgan fingerprint density at radius 3 is 2.48 bits per heavy atom. The molecule has 2 aliphatic carbocycles. The van der Waals surface area contributed by atoms with Gasteiger partial charge in [0, 0.05) is 0 Å². The number of allylic oxidation sites excluding steroid dienone is 2. The molecule has 2 aliphatic rings. The molecule has 6 heteroatoms. The summed E-state index contributed by atoms with van der Waals surface area (Å²) in [5.41, 5.74) is 1.33. The molecule has 0 N–H and O–H groups in total. The zero-order valence-electron chi connectivity index (χ0n) is 17.3. The highest BCUT2D eigenvalue weighted by atomic mass is 19.4. The van der Waals surface area contributed by atoms with E-state index in [4.69, 9.17) is 0 Å². The van der Waals surface area contributed by atoms with E-state index in [0.717, 1.165) is 49.8 Å². The van der Waals surface area contributed by atoms with Crippen LogP contribution in [-0.2, 0) is 6.42 Å². The Hall–Kier alpha value is -2.37. The molecule has 0 aromatic heterocycles. The van der Waals surface area contributed by atoms with E-state index in [1.54, 1.807) is 0 Å². The summed E-state index contributed by atoms with van der Waals surface area (Å²) in [6.07, 6.45) is 5.07. The molecule has 31 heavy (non-hydrogen) atoms. The largest absolute Gasteiger partial charge is 0.573 e. The third-order valence-corrected chi connectivity index (χ3v) is 6.56. The second-order valence-corrected chi connectivity index (χ2v) is 8.50. The van der Waals surface area contributed by atoms with Gasteiger partial charge in [-0.2, -0.15) is 0 Å². The fourth-order valence-electron chi connectivity index (χ4n) is 5.21. The van der Waals surface area contributed by atoms with Gasteiger partial charge in [-0.25, -0.2) is 8.78 Å². The maximum Gasteiger partial charge on any atom is 0.573 e. The molecule has 0 saturated heterocycles. The first kappa shape index (κ1) is 21.8. The Kier molecular flexibility index (Phi) is 6.09. The number of hydrogen-bond donors (Lipinski definition) is 0. The Balaban J connectivity index is 1.61. The van der Waals surface area contributed by atoms with Gasteiger partial charge in [-0.05, 0) is 91.2 Å². The van der Waals surface area contributed by atoms with E-state index < -0.39 is 23.7 Å². The topological polar surface area (TPSA) is 9.23 Å². The van der Waals surface area contributed by atoms with Crippen LogP contribution in [0.2, 0.25) is 0 Å². The summed E-state index contributed by atoms with van der Waals surface area (Å²) in [6.45, 7) is 2.11. The number of rotatable bonds is 4. The first-order valence-corrected chi connectivity index (χ1v) is 10.8. The van der Waals surface area contributed by atoms with Crippen molar-refractivity contribution in [1.29, 1.82) is 0 Å². The third-order valence-electron chi connectivity index (χ3n) is 6.56. The Bertz CT molecular complexity index is 961. The summed E-state index contributed by atoms with van der Waals surface area (Å²) in [6, 6.07) is 6.11. The lowest BCUT2D eigenvalue weighted by atomic mass is 9.65. The maximum atomic E-state index is 15.4. The molecule has 4 rings (SSSR count). The zero-order valence-corrected chi connectivity index (χ0v) is 17.3. The Labute approximate surface area is 178 Å². The van der Waals surface area contributed by atoms with Crippen molar-refractivity contribution in [2.45, 2.75) is 57.7 Å². The van der Waals surface area contributed by atoms with Crippen LogP contribution in [0.3, 0.4) is 0 Å². The van der Waals surface area contributed by atoms with Gasteiger partial charge in [-0.15, -0.1) is 13.2 Å². The van der Waals surface area contributed by atoms with Crippen LogP contribution in [0.4, 0.5) is 22.0 Å². The van der Waals surface area contributed by atoms with Crippen LogP contribution in [0.1, 0.15) is 56.1 Å². The molecule has 0 spiro atoms. The van der Waals surface area contributed by atoms with Gasteiger partial charge in [0.05, 0.1) is 5.56 Å². The van der Waals surface area contributed by atoms with Gasteiger partial charge in [0.2, 0.25) is 0 Å². The van der Waals surface area contributed by atoms with Crippen LogP contribution in [0, 0.1) is 23.5 Å². The van der Waals surface area contributed by atoms with Crippen LogP contribution in [0.5, 0.6) is 5.75 Å². The van der Waals surface area contributed by atoms with Crippen molar-refractivity contribution in [1.82, 2.24) is 0 Å². The van der Waals surface area contributed by atoms with Gasteiger partial charge >= 0.3 is 6.36 Å². The van der Waals surface area contributed by atoms with Crippen molar-refractivity contribution >= 4 is 0 Å². The summed E-state index contributed by atoms with van der Waals surface area (Å²) >= 11 is 0. The number of halogens is 5. The predicted molar refractivity (Wildman–Crippen MR) is 110 cm³/mol. The average Bonchev–Trinajstić information content (AvgIpc) is 2.72. The quantitative estimate of drug-likeness (QED) is 0.349. The van der Waals surface area contributed by atoms with E-state index in [0.29, 0.717) is 23.8 Å². The van der Waals surface area contributed by atoms with E-state index >= 15 is 8.78 Å². The lowest BCUT2D eigenvalue weighted by molar-refractivity contribution is -0.274. The Morgan fingerprint density at radius 2 is 1.81 bits per heavy atom. The predicted octanol–water partition coefficient (Wildman–Crippen LogP) is 7.94. The fourth-order valence-corrected chi connectivity index (χ4v) is 5.21. The molecule has 0 bridgehead atoms. The van der Waals surface area contributed by atoms with Gasteiger partial charge in [-0.3, -0.25) is 0 Å². The van der Waals surface area contributed by atoms with Crippen molar-refractivity contribution in [3.63, 3.8) is 0 Å². The summed E-state index contributed by atoms with van der Waals surface area (Å²) in [5, 5.41) is 0. The molecule has 2 aromatic rings. The second-order valence-electron chi connectivity index (χ2n) is 8.50. The fraction of sp³-hybridized carbons (Fsp3) is 0.440. The average molecular weight is 436 g/mol. The van der Waals surface area contributed by atoms with Gasteiger partial charge in [-0.1, -0.05) is 31.2 Å². The van der Waals surface area contributed by atoms with Crippen LogP contribution in [-0.4, -0.2) is 6.36 Å². The van der Waals surface area contributed by atoms with E-state index in [2.05, 4.69) is 23.8 Å². The van der Waals surface area contributed by atoms with Gasteiger partial charge < -0.3 is 4.74 Å². The maximum absolute atomic E-state index is 15.4.